The average molecular weight is 378 g/mol. The standard InChI is InChI=1S/C25H31NO2/c1-4-5-8-17-23(24-20-27-25(2,3)28-24)26(18-21-13-9-6-10-14-21)19-22-15-11-7-12-16-22/h6-7,9-16,23-24H,4-5,18-20H2,1-3H3. The van der Waals surface area contributed by atoms with Gasteiger partial charge >= 0.3 is 0 Å². The molecule has 0 spiro atoms. The maximum absolute atomic E-state index is 6.23. The van der Waals surface area contributed by atoms with Crippen LogP contribution >= 0.6 is 0 Å². The number of ether oxygens (including phenoxy) is 2. The molecule has 3 nitrogen and oxygen atoms in total. The van der Waals surface area contributed by atoms with Crippen LogP contribution in [0.4, 0.5) is 0 Å². The van der Waals surface area contributed by atoms with Crippen LogP contribution in [-0.2, 0) is 22.6 Å². The smallest absolute Gasteiger partial charge is 0.163 e. The lowest BCUT2D eigenvalue weighted by atomic mass is 10.1. The van der Waals surface area contributed by atoms with E-state index >= 15 is 0 Å². The van der Waals surface area contributed by atoms with Crippen molar-refractivity contribution in [2.75, 3.05) is 6.61 Å². The molecule has 0 saturated carbocycles. The van der Waals surface area contributed by atoms with Gasteiger partial charge in [0.1, 0.15) is 12.1 Å². The second-order valence-electron chi connectivity index (χ2n) is 7.76. The Labute approximate surface area is 169 Å². The lowest BCUT2D eigenvalue weighted by molar-refractivity contribution is -0.144. The van der Waals surface area contributed by atoms with Crippen LogP contribution in [0.25, 0.3) is 0 Å². The fraction of sp³-hybridized carbons (Fsp3) is 0.440. The van der Waals surface area contributed by atoms with Gasteiger partial charge in [0.05, 0.1) is 6.61 Å². The fourth-order valence-corrected chi connectivity index (χ4v) is 3.48. The molecular formula is C25H31NO2. The highest BCUT2D eigenvalue weighted by molar-refractivity contribution is 5.20. The topological polar surface area (TPSA) is 21.7 Å². The lowest BCUT2D eigenvalue weighted by Gasteiger charge is -2.32. The van der Waals surface area contributed by atoms with E-state index in [4.69, 9.17) is 9.47 Å². The van der Waals surface area contributed by atoms with Gasteiger partial charge in [-0.25, -0.2) is 0 Å². The average Bonchev–Trinajstić information content (AvgIpc) is 3.06. The summed E-state index contributed by atoms with van der Waals surface area (Å²) < 4.78 is 12.1. The van der Waals surface area contributed by atoms with Gasteiger partial charge in [-0.05, 0) is 31.4 Å². The summed E-state index contributed by atoms with van der Waals surface area (Å²) in [5, 5.41) is 0. The second kappa shape index (κ2) is 9.89. The molecule has 2 atom stereocenters. The van der Waals surface area contributed by atoms with Crippen LogP contribution in [-0.4, -0.2) is 29.4 Å². The zero-order valence-electron chi connectivity index (χ0n) is 17.2. The zero-order chi connectivity index (χ0) is 19.8. The first-order valence-electron chi connectivity index (χ1n) is 10.2. The van der Waals surface area contributed by atoms with Gasteiger partial charge in [-0.15, -0.1) is 5.92 Å². The first-order chi connectivity index (χ1) is 13.6. The van der Waals surface area contributed by atoms with Crippen LogP contribution in [0.1, 0.15) is 44.7 Å². The van der Waals surface area contributed by atoms with E-state index in [9.17, 15) is 0 Å². The molecule has 0 amide bonds. The fourth-order valence-electron chi connectivity index (χ4n) is 3.48. The van der Waals surface area contributed by atoms with Crippen molar-refractivity contribution in [2.24, 2.45) is 0 Å². The molecule has 1 fully saturated rings. The molecule has 0 aromatic heterocycles. The Morgan fingerprint density at radius 2 is 1.57 bits per heavy atom. The molecule has 2 aromatic rings. The van der Waals surface area contributed by atoms with Gasteiger partial charge in [0, 0.05) is 19.5 Å². The van der Waals surface area contributed by atoms with Gasteiger partial charge in [-0.2, -0.15) is 0 Å². The highest BCUT2D eigenvalue weighted by atomic mass is 16.7. The molecule has 3 rings (SSSR count). The molecule has 0 bridgehead atoms. The van der Waals surface area contributed by atoms with E-state index in [0.717, 1.165) is 25.9 Å². The monoisotopic (exact) mass is 377 g/mol. The number of rotatable bonds is 7. The van der Waals surface area contributed by atoms with E-state index in [1.807, 2.05) is 13.8 Å². The van der Waals surface area contributed by atoms with E-state index in [1.54, 1.807) is 0 Å². The Morgan fingerprint density at radius 3 is 2.04 bits per heavy atom. The first kappa shape index (κ1) is 20.6. The molecule has 148 valence electrons. The third-order valence-corrected chi connectivity index (χ3v) is 4.86. The van der Waals surface area contributed by atoms with Crippen molar-refractivity contribution in [3.63, 3.8) is 0 Å². The molecule has 28 heavy (non-hydrogen) atoms. The summed E-state index contributed by atoms with van der Waals surface area (Å²) in [6.45, 7) is 8.32. The van der Waals surface area contributed by atoms with Gasteiger partial charge in [-0.1, -0.05) is 73.5 Å². The Kier molecular flexibility index (Phi) is 7.28. The van der Waals surface area contributed by atoms with Crippen LogP contribution in [0, 0.1) is 11.8 Å². The normalized spacial score (nSPS) is 19.2. The summed E-state index contributed by atoms with van der Waals surface area (Å²) in [4.78, 5) is 2.42. The summed E-state index contributed by atoms with van der Waals surface area (Å²) in [5.41, 5.74) is 2.55. The summed E-state index contributed by atoms with van der Waals surface area (Å²) in [6.07, 6.45) is 1.90. The van der Waals surface area contributed by atoms with Crippen LogP contribution in [0.2, 0.25) is 0 Å². The van der Waals surface area contributed by atoms with Crippen LogP contribution in [0.5, 0.6) is 0 Å². The number of unbranched alkanes of at least 4 members (excludes halogenated alkanes) is 1. The highest BCUT2D eigenvalue weighted by Crippen LogP contribution is 2.27. The van der Waals surface area contributed by atoms with E-state index < -0.39 is 5.79 Å². The zero-order valence-corrected chi connectivity index (χ0v) is 17.2. The van der Waals surface area contributed by atoms with Crippen molar-refractivity contribution in [3.8, 4) is 11.8 Å². The summed E-state index contributed by atoms with van der Waals surface area (Å²) in [7, 11) is 0. The number of hydrogen-bond donors (Lipinski definition) is 0. The lowest BCUT2D eigenvalue weighted by Crippen LogP contribution is -2.44. The Bertz CT molecular complexity index is 735. The van der Waals surface area contributed by atoms with Crippen molar-refractivity contribution < 1.29 is 9.47 Å². The largest absolute Gasteiger partial charge is 0.348 e. The predicted octanol–water partition coefficient (Wildman–Crippen LogP) is 5.01. The molecular weight excluding hydrogens is 346 g/mol. The number of nitrogens with zero attached hydrogens (tertiary/aromatic N) is 1. The molecule has 0 aliphatic carbocycles. The van der Waals surface area contributed by atoms with Gasteiger partial charge in [0.15, 0.2) is 5.79 Å². The van der Waals surface area contributed by atoms with Gasteiger partial charge in [0.25, 0.3) is 0 Å². The van der Waals surface area contributed by atoms with E-state index in [1.165, 1.54) is 11.1 Å². The molecule has 1 aliphatic heterocycles. The van der Waals surface area contributed by atoms with E-state index in [0.29, 0.717) is 6.61 Å². The van der Waals surface area contributed by atoms with Gasteiger partial charge in [-0.3, -0.25) is 4.90 Å². The van der Waals surface area contributed by atoms with Crippen LogP contribution in [0.3, 0.4) is 0 Å². The van der Waals surface area contributed by atoms with Crippen LogP contribution in [0.15, 0.2) is 60.7 Å². The number of benzene rings is 2. The minimum Gasteiger partial charge on any atom is -0.348 e. The number of hydrogen-bond acceptors (Lipinski definition) is 3. The first-order valence-corrected chi connectivity index (χ1v) is 10.2. The van der Waals surface area contributed by atoms with Crippen molar-refractivity contribution in [1.82, 2.24) is 4.90 Å². The van der Waals surface area contributed by atoms with Crippen molar-refractivity contribution >= 4 is 0 Å². The molecule has 1 saturated heterocycles. The van der Waals surface area contributed by atoms with Crippen molar-refractivity contribution in [3.05, 3.63) is 71.8 Å². The van der Waals surface area contributed by atoms with Crippen molar-refractivity contribution in [2.45, 2.75) is 64.6 Å². The third kappa shape index (κ3) is 5.94. The Morgan fingerprint density at radius 1 is 1.00 bits per heavy atom. The molecule has 0 N–H and O–H groups in total. The predicted molar refractivity (Wildman–Crippen MR) is 114 cm³/mol. The summed E-state index contributed by atoms with van der Waals surface area (Å²) in [6, 6.07) is 21.1. The third-order valence-electron chi connectivity index (χ3n) is 4.86. The maximum Gasteiger partial charge on any atom is 0.163 e. The molecule has 2 unspecified atom stereocenters. The molecule has 0 radical (unpaired) electrons. The molecule has 2 aromatic carbocycles. The van der Waals surface area contributed by atoms with E-state index in [-0.39, 0.29) is 12.1 Å². The molecule has 3 heteroatoms. The van der Waals surface area contributed by atoms with E-state index in [2.05, 4.69) is 84.3 Å². The van der Waals surface area contributed by atoms with Gasteiger partial charge < -0.3 is 9.47 Å². The molecule has 1 aliphatic rings. The SMILES string of the molecule is CCCC#CC(C1COC(C)(C)O1)N(Cc1ccccc1)Cc1ccccc1. The van der Waals surface area contributed by atoms with Gasteiger partial charge in [0.2, 0.25) is 0 Å². The Balaban J connectivity index is 1.89. The summed E-state index contributed by atoms with van der Waals surface area (Å²) >= 11 is 0. The molecule has 1 heterocycles. The quantitative estimate of drug-likeness (QED) is 0.633. The maximum atomic E-state index is 6.23. The van der Waals surface area contributed by atoms with Crippen LogP contribution < -0.4 is 0 Å². The minimum atomic E-state index is -0.555. The summed E-state index contributed by atoms with van der Waals surface area (Å²) in [5.74, 6) is 6.32. The second-order valence-corrected chi connectivity index (χ2v) is 7.76. The highest BCUT2D eigenvalue weighted by Gasteiger charge is 2.39. The minimum absolute atomic E-state index is 0.0197. The Hall–Kier alpha value is -2.12. The van der Waals surface area contributed by atoms with Crippen molar-refractivity contribution in [1.29, 1.82) is 0 Å².